The van der Waals surface area contributed by atoms with Crippen LogP contribution in [-0.2, 0) is 11.2 Å². The average Bonchev–Trinajstić information content (AvgIpc) is 2.60. The van der Waals surface area contributed by atoms with Crippen LogP contribution in [0.3, 0.4) is 0 Å². The first-order valence-electron chi connectivity index (χ1n) is 7.90. The molecule has 0 aliphatic carbocycles. The number of hydrogen-bond acceptors (Lipinski definition) is 3. The fourth-order valence-electron chi connectivity index (χ4n) is 2.58. The lowest BCUT2D eigenvalue weighted by molar-refractivity contribution is -0.121. The van der Waals surface area contributed by atoms with E-state index in [4.69, 9.17) is 32.7 Å². The summed E-state index contributed by atoms with van der Waals surface area (Å²) in [5.74, 6) is 1.32. The van der Waals surface area contributed by atoms with Crippen molar-refractivity contribution in [3.8, 4) is 11.5 Å². The first-order chi connectivity index (χ1) is 12.0. The van der Waals surface area contributed by atoms with Gasteiger partial charge >= 0.3 is 0 Å². The highest BCUT2D eigenvalue weighted by Gasteiger charge is 2.16. The number of amides is 1. The smallest absolute Gasteiger partial charge is 0.220 e. The molecule has 2 rings (SSSR count). The van der Waals surface area contributed by atoms with Crippen LogP contribution in [0.15, 0.2) is 36.4 Å². The highest BCUT2D eigenvalue weighted by atomic mass is 35.5. The van der Waals surface area contributed by atoms with Crippen LogP contribution in [0, 0.1) is 0 Å². The molecule has 0 fully saturated rings. The minimum absolute atomic E-state index is 0.0895. The molecular weight excluding hydrogens is 361 g/mol. The molecule has 6 heteroatoms. The first kappa shape index (κ1) is 19.4. The summed E-state index contributed by atoms with van der Waals surface area (Å²) < 4.78 is 10.6. The second-order valence-electron chi connectivity index (χ2n) is 5.60. The van der Waals surface area contributed by atoms with E-state index in [9.17, 15) is 4.79 Å². The molecule has 0 saturated carbocycles. The molecular formula is C19H21Cl2NO3. The van der Waals surface area contributed by atoms with Crippen molar-refractivity contribution in [1.29, 1.82) is 0 Å². The van der Waals surface area contributed by atoms with Crippen LogP contribution >= 0.6 is 23.2 Å². The Morgan fingerprint density at radius 3 is 2.40 bits per heavy atom. The maximum Gasteiger partial charge on any atom is 0.220 e. The van der Waals surface area contributed by atoms with Crippen LogP contribution in [0.5, 0.6) is 11.5 Å². The topological polar surface area (TPSA) is 47.6 Å². The molecule has 0 radical (unpaired) electrons. The zero-order valence-corrected chi connectivity index (χ0v) is 15.9. The quantitative estimate of drug-likeness (QED) is 0.747. The Morgan fingerprint density at radius 1 is 1.12 bits per heavy atom. The van der Waals surface area contributed by atoms with Gasteiger partial charge in [0.15, 0.2) is 0 Å². The number of rotatable bonds is 7. The average molecular weight is 382 g/mol. The highest BCUT2D eigenvalue weighted by molar-refractivity contribution is 6.36. The van der Waals surface area contributed by atoms with E-state index >= 15 is 0 Å². The normalized spacial score (nSPS) is 11.7. The van der Waals surface area contributed by atoms with Crippen molar-refractivity contribution in [2.45, 2.75) is 25.8 Å². The van der Waals surface area contributed by atoms with Crippen molar-refractivity contribution >= 4 is 29.1 Å². The maximum atomic E-state index is 12.3. The monoisotopic (exact) mass is 381 g/mol. The molecule has 4 nitrogen and oxygen atoms in total. The van der Waals surface area contributed by atoms with E-state index in [1.807, 2.05) is 25.1 Å². The third-order valence-corrected chi connectivity index (χ3v) is 4.65. The van der Waals surface area contributed by atoms with Crippen LogP contribution in [0.1, 0.15) is 30.5 Å². The number of methoxy groups -OCH3 is 2. The van der Waals surface area contributed by atoms with Gasteiger partial charge in [-0.2, -0.15) is 0 Å². The van der Waals surface area contributed by atoms with Crippen molar-refractivity contribution in [3.63, 3.8) is 0 Å². The molecule has 1 amide bonds. The van der Waals surface area contributed by atoms with E-state index in [0.717, 1.165) is 11.1 Å². The Bertz CT molecular complexity index is 729. The molecule has 0 aromatic heterocycles. The summed E-state index contributed by atoms with van der Waals surface area (Å²) in [6, 6.07) is 10.6. The molecule has 134 valence electrons. The standard InChI is InChI=1S/C19H21Cl2NO3/c1-12(15-11-13(24-2)7-9-18(15)25-3)22-19(23)10-8-14-16(20)5-4-6-17(14)21/h4-7,9,11-12H,8,10H2,1-3H3,(H,22,23)/t12-/m1/s1. The largest absolute Gasteiger partial charge is 0.497 e. The Labute approximate surface area is 158 Å². The highest BCUT2D eigenvalue weighted by Crippen LogP contribution is 2.29. The van der Waals surface area contributed by atoms with E-state index < -0.39 is 0 Å². The summed E-state index contributed by atoms with van der Waals surface area (Å²) in [5, 5.41) is 4.11. The van der Waals surface area contributed by atoms with Gasteiger partial charge in [0.2, 0.25) is 5.91 Å². The number of ether oxygens (including phenoxy) is 2. The molecule has 1 N–H and O–H groups in total. The van der Waals surface area contributed by atoms with Crippen molar-refractivity contribution < 1.29 is 14.3 Å². The SMILES string of the molecule is COc1ccc(OC)c([C@@H](C)NC(=O)CCc2c(Cl)cccc2Cl)c1. The zero-order chi connectivity index (χ0) is 18.4. The molecule has 0 heterocycles. The number of carbonyl (C=O) groups is 1. The van der Waals surface area contributed by atoms with E-state index in [1.54, 1.807) is 32.4 Å². The fraction of sp³-hybridized carbons (Fsp3) is 0.316. The molecule has 2 aromatic rings. The van der Waals surface area contributed by atoms with Gasteiger partial charge in [-0.1, -0.05) is 29.3 Å². The van der Waals surface area contributed by atoms with Crippen LogP contribution in [0.2, 0.25) is 10.0 Å². The van der Waals surface area contributed by atoms with Gasteiger partial charge < -0.3 is 14.8 Å². The number of halogens is 2. The Balaban J connectivity index is 2.03. The molecule has 0 saturated heterocycles. The lowest BCUT2D eigenvalue weighted by Gasteiger charge is -2.18. The van der Waals surface area contributed by atoms with Crippen molar-refractivity contribution in [1.82, 2.24) is 5.32 Å². The Hall–Kier alpha value is -1.91. The van der Waals surface area contributed by atoms with Gasteiger partial charge in [-0.05, 0) is 49.2 Å². The van der Waals surface area contributed by atoms with E-state index in [0.29, 0.717) is 34.4 Å². The number of benzene rings is 2. The van der Waals surface area contributed by atoms with Gasteiger partial charge in [0.05, 0.1) is 20.3 Å². The predicted octanol–water partition coefficient (Wildman–Crippen LogP) is 4.82. The summed E-state index contributed by atoms with van der Waals surface area (Å²) in [6.07, 6.45) is 0.770. The second-order valence-corrected chi connectivity index (χ2v) is 6.41. The van der Waals surface area contributed by atoms with E-state index in [1.165, 1.54) is 0 Å². The number of carbonyl (C=O) groups excluding carboxylic acids is 1. The molecule has 2 aromatic carbocycles. The lowest BCUT2D eigenvalue weighted by Crippen LogP contribution is -2.27. The zero-order valence-electron chi connectivity index (χ0n) is 14.4. The second kappa shape index (κ2) is 8.97. The molecule has 1 atom stereocenters. The number of nitrogens with one attached hydrogen (secondary N) is 1. The van der Waals surface area contributed by atoms with Crippen molar-refractivity contribution in [3.05, 3.63) is 57.6 Å². The minimum atomic E-state index is -0.223. The van der Waals surface area contributed by atoms with Gasteiger partial charge in [0.25, 0.3) is 0 Å². The van der Waals surface area contributed by atoms with Gasteiger partial charge in [-0.3, -0.25) is 4.79 Å². The van der Waals surface area contributed by atoms with E-state index in [2.05, 4.69) is 5.32 Å². The first-order valence-corrected chi connectivity index (χ1v) is 8.66. The molecule has 0 aliphatic rings. The number of hydrogen-bond donors (Lipinski definition) is 1. The van der Waals surface area contributed by atoms with Crippen LogP contribution in [0.4, 0.5) is 0 Å². The predicted molar refractivity (Wildman–Crippen MR) is 101 cm³/mol. The molecule has 0 aliphatic heterocycles. The molecule has 25 heavy (non-hydrogen) atoms. The lowest BCUT2D eigenvalue weighted by atomic mass is 10.1. The van der Waals surface area contributed by atoms with Crippen LogP contribution in [0.25, 0.3) is 0 Å². The van der Waals surface area contributed by atoms with Crippen molar-refractivity contribution in [2.24, 2.45) is 0 Å². The van der Waals surface area contributed by atoms with Gasteiger partial charge in [-0.25, -0.2) is 0 Å². The van der Waals surface area contributed by atoms with Crippen LogP contribution < -0.4 is 14.8 Å². The van der Waals surface area contributed by atoms with Crippen LogP contribution in [-0.4, -0.2) is 20.1 Å². The summed E-state index contributed by atoms with van der Waals surface area (Å²) >= 11 is 12.3. The summed E-state index contributed by atoms with van der Waals surface area (Å²) in [7, 11) is 3.20. The third-order valence-electron chi connectivity index (χ3n) is 3.94. The third kappa shape index (κ3) is 5.03. The molecule has 0 spiro atoms. The summed E-state index contributed by atoms with van der Waals surface area (Å²) in [5.41, 5.74) is 1.64. The van der Waals surface area contributed by atoms with Gasteiger partial charge in [0.1, 0.15) is 11.5 Å². The Kier molecular flexibility index (Phi) is 6.97. The summed E-state index contributed by atoms with van der Waals surface area (Å²) in [4.78, 5) is 12.3. The molecule has 0 bridgehead atoms. The minimum Gasteiger partial charge on any atom is -0.497 e. The van der Waals surface area contributed by atoms with Gasteiger partial charge in [-0.15, -0.1) is 0 Å². The van der Waals surface area contributed by atoms with Gasteiger partial charge in [0, 0.05) is 22.0 Å². The molecule has 0 unspecified atom stereocenters. The van der Waals surface area contributed by atoms with Crippen molar-refractivity contribution in [2.75, 3.05) is 14.2 Å². The Morgan fingerprint density at radius 2 is 1.80 bits per heavy atom. The fourth-order valence-corrected chi connectivity index (χ4v) is 3.17. The van der Waals surface area contributed by atoms with E-state index in [-0.39, 0.29) is 11.9 Å². The maximum absolute atomic E-state index is 12.3. The summed E-state index contributed by atoms with van der Waals surface area (Å²) in [6.45, 7) is 1.90.